The molecule has 0 aliphatic carbocycles. The average Bonchev–Trinajstić information content (AvgIpc) is 3.60. The second-order valence-electron chi connectivity index (χ2n) is 13.3. The number of aromatic nitrogens is 2. The number of fused-ring (bicyclic) bond motifs is 6. The summed E-state index contributed by atoms with van der Waals surface area (Å²) in [4.78, 5) is 0. The molecule has 0 radical (unpaired) electrons. The van der Waals surface area contributed by atoms with E-state index in [1.807, 2.05) is 6.07 Å². The van der Waals surface area contributed by atoms with Gasteiger partial charge < -0.3 is 9.13 Å². The number of hydrogen-bond acceptors (Lipinski definition) is 1. The number of benzene rings is 6. The van der Waals surface area contributed by atoms with Crippen molar-refractivity contribution >= 4 is 43.6 Å². The van der Waals surface area contributed by atoms with Crippen LogP contribution in [0.1, 0.15) is 33.4 Å². The van der Waals surface area contributed by atoms with Crippen molar-refractivity contribution in [3.63, 3.8) is 0 Å². The molecular formula is C42H24F9N3. The quantitative estimate of drug-likeness (QED) is 0.166. The van der Waals surface area contributed by atoms with Crippen molar-refractivity contribution in [1.82, 2.24) is 9.13 Å². The van der Waals surface area contributed by atoms with Crippen LogP contribution >= 0.6 is 0 Å². The van der Waals surface area contributed by atoms with Crippen LogP contribution in [0.3, 0.4) is 0 Å². The van der Waals surface area contributed by atoms with Gasteiger partial charge in [-0.2, -0.15) is 44.8 Å². The van der Waals surface area contributed by atoms with Gasteiger partial charge in [0.1, 0.15) is 5.56 Å². The number of hydrogen-bond donors (Lipinski definition) is 0. The molecule has 0 N–H and O–H groups in total. The molecule has 8 rings (SSSR count). The van der Waals surface area contributed by atoms with E-state index >= 15 is 13.2 Å². The number of nitrogens with zero attached hydrogens (tertiary/aromatic N) is 3. The van der Waals surface area contributed by atoms with Crippen LogP contribution in [0.4, 0.5) is 39.5 Å². The van der Waals surface area contributed by atoms with E-state index in [1.165, 1.54) is 42.5 Å². The monoisotopic (exact) mass is 741 g/mol. The van der Waals surface area contributed by atoms with Gasteiger partial charge in [-0.05, 0) is 96.8 Å². The second-order valence-corrected chi connectivity index (χ2v) is 13.3. The van der Waals surface area contributed by atoms with Crippen molar-refractivity contribution in [2.75, 3.05) is 0 Å². The summed E-state index contributed by atoms with van der Waals surface area (Å²) < 4.78 is 135. The van der Waals surface area contributed by atoms with Gasteiger partial charge in [0.2, 0.25) is 0 Å². The van der Waals surface area contributed by atoms with Crippen molar-refractivity contribution in [3.8, 4) is 28.6 Å². The molecule has 0 saturated carbocycles. The van der Waals surface area contributed by atoms with Gasteiger partial charge in [-0.25, -0.2) is 0 Å². The first-order valence-corrected chi connectivity index (χ1v) is 16.4. The fourth-order valence-electron chi connectivity index (χ4n) is 7.32. The molecule has 0 aliphatic heterocycles. The van der Waals surface area contributed by atoms with E-state index in [0.29, 0.717) is 27.5 Å². The van der Waals surface area contributed by atoms with E-state index in [4.69, 9.17) is 0 Å². The van der Waals surface area contributed by atoms with Crippen LogP contribution in [0.2, 0.25) is 0 Å². The standard InChI is InChI=1S/C42H24F9N3/c1-22-6-10-29-31-12-8-27(40(43,44)45)19-35(31)53(33(29)14-22)37-17-26(25-5-3-4-24(16-25)21-52)18-38(39(37)42(49,50)51)54-34-15-23(2)7-11-30(34)32-13-9-28(20-36(32)54)41(46,47)48/h3-20H,1-2H3. The fourth-order valence-corrected chi connectivity index (χ4v) is 7.32. The van der Waals surface area contributed by atoms with Gasteiger partial charge in [-0.1, -0.05) is 48.5 Å². The molecule has 0 bridgehead atoms. The lowest BCUT2D eigenvalue weighted by atomic mass is 9.98. The Labute approximate surface area is 300 Å². The number of halogens is 9. The Morgan fingerprint density at radius 2 is 0.889 bits per heavy atom. The minimum absolute atomic E-state index is 0.134. The highest BCUT2D eigenvalue weighted by Crippen LogP contribution is 2.47. The Hall–Kier alpha value is -6.22. The Morgan fingerprint density at radius 3 is 1.30 bits per heavy atom. The molecule has 2 heterocycles. The molecule has 12 heteroatoms. The largest absolute Gasteiger partial charge is 0.420 e. The van der Waals surface area contributed by atoms with Gasteiger partial charge >= 0.3 is 18.5 Å². The zero-order valence-electron chi connectivity index (χ0n) is 28.1. The molecule has 6 aromatic carbocycles. The molecule has 54 heavy (non-hydrogen) atoms. The van der Waals surface area contributed by atoms with Crippen LogP contribution in [-0.4, -0.2) is 9.13 Å². The highest BCUT2D eigenvalue weighted by Gasteiger charge is 2.40. The van der Waals surface area contributed by atoms with E-state index in [2.05, 4.69) is 0 Å². The van der Waals surface area contributed by atoms with Gasteiger partial charge in [0, 0.05) is 21.5 Å². The molecule has 0 amide bonds. The van der Waals surface area contributed by atoms with Crippen LogP contribution < -0.4 is 0 Å². The summed E-state index contributed by atoms with van der Waals surface area (Å²) in [6, 6.07) is 26.0. The lowest BCUT2D eigenvalue weighted by molar-refractivity contribution is -0.138. The minimum Gasteiger partial charge on any atom is -0.309 e. The third kappa shape index (κ3) is 5.62. The molecule has 8 aromatic rings. The molecule has 0 unspecified atom stereocenters. The van der Waals surface area contributed by atoms with Crippen molar-refractivity contribution in [1.29, 1.82) is 5.26 Å². The summed E-state index contributed by atoms with van der Waals surface area (Å²) in [5, 5.41) is 11.0. The predicted molar refractivity (Wildman–Crippen MR) is 190 cm³/mol. The van der Waals surface area contributed by atoms with Crippen molar-refractivity contribution in [3.05, 3.63) is 143 Å². The minimum atomic E-state index is -5.21. The molecule has 0 atom stereocenters. The van der Waals surface area contributed by atoms with E-state index in [0.717, 1.165) is 33.4 Å². The first-order chi connectivity index (χ1) is 25.4. The number of rotatable bonds is 3. The van der Waals surface area contributed by atoms with Crippen LogP contribution in [0.15, 0.2) is 109 Å². The normalized spacial score (nSPS) is 12.7. The van der Waals surface area contributed by atoms with E-state index in [-0.39, 0.29) is 44.0 Å². The summed E-state index contributed by atoms with van der Waals surface area (Å²) in [5.74, 6) is 0. The summed E-state index contributed by atoms with van der Waals surface area (Å²) in [5.41, 5.74) is -2.70. The van der Waals surface area contributed by atoms with Gasteiger partial charge in [0.15, 0.2) is 0 Å². The van der Waals surface area contributed by atoms with E-state index in [1.54, 1.807) is 56.3 Å². The van der Waals surface area contributed by atoms with Crippen molar-refractivity contribution in [2.45, 2.75) is 32.4 Å². The molecule has 0 saturated heterocycles. The zero-order valence-corrected chi connectivity index (χ0v) is 28.1. The Bertz CT molecular complexity index is 2720. The zero-order chi connectivity index (χ0) is 38.5. The predicted octanol–water partition coefficient (Wildman–Crippen LogP) is 13.1. The average molecular weight is 742 g/mol. The van der Waals surface area contributed by atoms with Crippen LogP contribution in [-0.2, 0) is 18.5 Å². The van der Waals surface area contributed by atoms with Gasteiger partial charge in [-0.3, -0.25) is 0 Å². The molecule has 0 spiro atoms. The first-order valence-electron chi connectivity index (χ1n) is 16.4. The number of nitriles is 1. The summed E-state index contributed by atoms with van der Waals surface area (Å²) in [6.07, 6.45) is -14.9. The van der Waals surface area contributed by atoms with E-state index in [9.17, 15) is 31.6 Å². The third-order valence-electron chi connectivity index (χ3n) is 9.69. The molecule has 0 fully saturated rings. The number of aryl methyl sites for hydroxylation is 2. The van der Waals surface area contributed by atoms with E-state index < -0.39 is 46.6 Å². The maximum atomic E-state index is 16.0. The lowest BCUT2D eigenvalue weighted by Crippen LogP contribution is -2.16. The van der Waals surface area contributed by atoms with Gasteiger partial charge in [0.05, 0.1) is 56.2 Å². The maximum absolute atomic E-state index is 16.0. The van der Waals surface area contributed by atoms with Crippen LogP contribution in [0, 0.1) is 25.2 Å². The Balaban J connectivity index is 1.63. The fraction of sp³-hybridized carbons (Fsp3) is 0.119. The molecule has 0 aliphatic rings. The smallest absolute Gasteiger partial charge is 0.309 e. The molecular weight excluding hydrogens is 717 g/mol. The Morgan fingerprint density at radius 1 is 0.463 bits per heavy atom. The molecule has 270 valence electrons. The first kappa shape index (κ1) is 34.8. The maximum Gasteiger partial charge on any atom is 0.420 e. The summed E-state index contributed by atoms with van der Waals surface area (Å²) in [7, 11) is 0. The molecule has 2 aromatic heterocycles. The Kier molecular flexibility index (Phi) is 7.68. The summed E-state index contributed by atoms with van der Waals surface area (Å²) >= 11 is 0. The van der Waals surface area contributed by atoms with Gasteiger partial charge in [-0.15, -0.1) is 0 Å². The highest BCUT2D eigenvalue weighted by molar-refractivity contribution is 6.11. The highest BCUT2D eigenvalue weighted by atomic mass is 19.4. The molecule has 3 nitrogen and oxygen atoms in total. The second kappa shape index (κ2) is 11.9. The summed E-state index contributed by atoms with van der Waals surface area (Å²) in [6.45, 7) is 3.39. The van der Waals surface area contributed by atoms with Crippen molar-refractivity contribution < 1.29 is 39.5 Å². The SMILES string of the molecule is Cc1ccc2c3ccc(C(F)(F)F)cc3n(-c3cc(-c4cccc(C#N)c4)cc(-n4c5cc(C)ccc5c5ccc(C(F)(F)F)cc54)c3C(F)(F)F)c2c1. The number of alkyl halides is 9. The third-order valence-corrected chi connectivity index (χ3v) is 9.69. The van der Waals surface area contributed by atoms with Crippen LogP contribution in [0.5, 0.6) is 0 Å². The van der Waals surface area contributed by atoms with Crippen molar-refractivity contribution in [2.24, 2.45) is 0 Å². The lowest BCUT2D eigenvalue weighted by Gasteiger charge is -2.23. The topological polar surface area (TPSA) is 33.6 Å². The van der Waals surface area contributed by atoms with Crippen LogP contribution in [0.25, 0.3) is 66.1 Å². The van der Waals surface area contributed by atoms with Gasteiger partial charge in [0.25, 0.3) is 0 Å².